The van der Waals surface area contributed by atoms with E-state index in [9.17, 15) is 23.9 Å². The predicted molar refractivity (Wildman–Crippen MR) is 124 cm³/mol. The van der Waals surface area contributed by atoms with E-state index in [1.807, 2.05) is 0 Å². The van der Waals surface area contributed by atoms with Gasteiger partial charge in [0, 0.05) is 16.4 Å². The number of carboxylic acids is 1. The number of anilines is 2. The van der Waals surface area contributed by atoms with Crippen LogP contribution in [0, 0.1) is 11.7 Å². The van der Waals surface area contributed by atoms with E-state index in [1.54, 1.807) is 50.2 Å². The lowest BCUT2D eigenvalue weighted by molar-refractivity contribution is -0.140. The summed E-state index contributed by atoms with van der Waals surface area (Å²) in [7, 11) is 0. The van der Waals surface area contributed by atoms with Crippen LogP contribution in [0.4, 0.5) is 20.6 Å². The number of aliphatic carboxylic acids is 1. The highest BCUT2D eigenvalue weighted by Crippen LogP contribution is 2.22. The number of aromatic amines is 1. The molecule has 0 saturated heterocycles. The van der Waals surface area contributed by atoms with Crippen LogP contribution in [-0.4, -0.2) is 34.0 Å². The lowest BCUT2D eigenvalue weighted by Gasteiger charge is -2.17. The molecule has 5 N–H and O–H groups in total. The smallest absolute Gasteiger partial charge is 0.326 e. The molecule has 10 heteroatoms. The standard InChI is InChI=1S/C23H22ClFN4O4/c1-12(2)20(22(31)32)29-21(30)19-10-9-17(27-19)13-3-6-15(7-4-13)26-23(33)28-18-8-5-14(24)11-16(18)25/h3-12,20,27H,1-2H3,(H,29,30)(H,31,32)(H2,26,28,33)/t20-/m0/s1. The Bertz CT molecular complexity index is 1180. The predicted octanol–water partition coefficient (Wildman–Crippen LogP) is 4.96. The van der Waals surface area contributed by atoms with Crippen LogP contribution in [0.25, 0.3) is 11.3 Å². The largest absolute Gasteiger partial charge is 0.480 e. The van der Waals surface area contributed by atoms with Gasteiger partial charge in [-0.15, -0.1) is 0 Å². The average molecular weight is 473 g/mol. The van der Waals surface area contributed by atoms with Crippen molar-refractivity contribution in [3.8, 4) is 11.3 Å². The van der Waals surface area contributed by atoms with Gasteiger partial charge in [0.1, 0.15) is 17.6 Å². The first-order valence-electron chi connectivity index (χ1n) is 10.00. The molecular weight excluding hydrogens is 451 g/mol. The molecule has 0 fully saturated rings. The lowest BCUT2D eigenvalue weighted by Crippen LogP contribution is -2.44. The van der Waals surface area contributed by atoms with Gasteiger partial charge in [-0.05, 0) is 53.9 Å². The second-order valence-electron chi connectivity index (χ2n) is 7.60. The first kappa shape index (κ1) is 23.8. The third kappa shape index (κ3) is 6.11. The minimum atomic E-state index is -1.10. The average Bonchev–Trinajstić information content (AvgIpc) is 3.24. The summed E-state index contributed by atoms with van der Waals surface area (Å²) in [5, 5.41) is 17.0. The molecule has 3 amide bonds. The Morgan fingerprint density at radius 3 is 2.30 bits per heavy atom. The Balaban J connectivity index is 1.63. The summed E-state index contributed by atoms with van der Waals surface area (Å²) < 4.78 is 13.8. The molecule has 1 aromatic heterocycles. The van der Waals surface area contributed by atoms with Crippen LogP contribution in [-0.2, 0) is 4.79 Å². The zero-order chi connectivity index (χ0) is 24.1. The number of H-pyrrole nitrogens is 1. The highest BCUT2D eigenvalue weighted by molar-refractivity contribution is 6.30. The van der Waals surface area contributed by atoms with Crippen LogP contribution in [0.2, 0.25) is 5.02 Å². The molecule has 0 unspecified atom stereocenters. The summed E-state index contributed by atoms with van der Waals surface area (Å²) >= 11 is 5.70. The number of benzene rings is 2. The third-order valence-electron chi connectivity index (χ3n) is 4.78. The van der Waals surface area contributed by atoms with E-state index in [1.165, 1.54) is 12.1 Å². The van der Waals surface area contributed by atoms with Gasteiger partial charge >= 0.3 is 12.0 Å². The van der Waals surface area contributed by atoms with Crippen LogP contribution in [0.5, 0.6) is 0 Å². The van der Waals surface area contributed by atoms with Crippen molar-refractivity contribution >= 4 is 40.9 Å². The molecule has 0 aliphatic heterocycles. The van der Waals surface area contributed by atoms with Crippen LogP contribution in [0.3, 0.4) is 0 Å². The molecule has 2 aromatic carbocycles. The van der Waals surface area contributed by atoms with Gasteiger partial charge in [0.15, 0.2) is 0 Å². The van der Waals surface area contributed by atoms with Crippen molar-refractivity contribution in [2.24, 2.45) is 5.92 Å². The number of hydrogen-bond acceptors (Lipinski definition) is 3. The molecule has 0 spiro atoms. The van der Waals surface area contributed by atoms with Crippen LogP contribution in [0.15, 0.2) is 54.6 Å². The molecule has 0 saturated carbocycles. The van der Waals surface area contributed by atoms with Gasteiger partial charge in [-0.2, -0.15) is 0 Å². The number of aromatic nitrogens is 1. The molecule has 0 bridgehead atoms. The van der Waals surface area contributed by atoms with E-state index in [4.69, 9.17) is 11.6 Å². The molecule has 172 valence electrons. The Morgan fingerprint density at radius 1 is 1.00 bits per heavy atom. The Kier molecular flexibility index (Phi) is 7.34. The second-order valence-corrected chi connectivity index (χ2v) is 8.04. The highest BCUT2D eigenvalue weighted by Gasteiger charge is 2.24. The topological polar surface area (TPSA) is 123 Å². The monoisotopic (exact) mass is 472 g/mol. The zero-order valence-corrected chi connectivity index (χ0v) is 18.5. The van der Waals surface area contributed by atoms with Crippen molar-refractivity contribution in [3.63, 3.8) is 0 Å². The summed E-state index contributed by atoms with van der Waals surface area (Å²) in [5.74, 6) is -2.54. The quantitative estimate of drug-likeness (QED) is 0.333. The van der Waals surface area contributed by atoms with Crippen molar-refractivity contribution in [1.82, 2.24) is 10.3 Å². The van der Waals surface area contributed by atoms with Crippen molar-refractivity contribution in [3.05, 3.63) is 71.1 Å². The van der Waals surface area contributed by atoms with E-state index in [-0.39, 0.29) is 22.3 Å². The second kappa shape index (κ2) is 10.2. The molecular formula is C23H22ClFN4O4. The van der Waals surface area contributed by atoms with E-state index in [2.05, 4.69) is 20.9 Å². The first-order chi connectivity index (χ1) is 15.6. The van der Waals surface area contributed by atoms with Crippen LogP contribution in [0.1, 0.15) is 24.3 Å². The molecule has 8 nitrogen and oxygen atoms in total. The van der Waals surface area contributed by atoms with Gasteiger partial charge in [0.2, 0.25) is 0 Å². The number of nitrogens with one attached hydrogen (secondary N) is 4. The first-order valence-corrected chi connectivity index (χ1v) is 10.4. The molecule has 0 radical (unpaired) electrons. The van der Waals surface area contributed by atoms with Crippen molar-refractivity contribution in [1.29, 1.82) is 0 Å². The Labute approximate surface area is 194 Å². The number of hydrogen-bond donors (Lipinski definition) is 5. The molecule has 3 rings (SSSR count). The van der Waals surface area contributed by atoms with E-state index >= 15 is 0 Å². The van der Waals surface area contributed by atoms with E-state index in [0.29, 0.717) is 11.4 Å². The van der Waals surface area contributed by atoms with Gasteiger partial charge in [-0.3, -0.25) is 4.79 Å². The van der Waals surface area contributed by atoms with Crippen LogP contribution < -0.4 is 16.0 Å². The Morgan fingerprint density at radius 2 is 1.70 bits per heavy atom. The molecule has 33 heavy (non-hydrogen) atoms. The molecule has 0 aliphatic rings. The fraction of sp³-hybridized carbons (Fsp3) is 0.174. The number of carbonyl (C=O) groups excluding carboxylic acids is 2. The number of urea groups is 1. The molecule has 3 aromatic rings. The third-order valence-corrected chi connectivity index (χ3v) is 5.02. The van der Waals surface area contributed by atoms with Crippen LogP contribution >= 0.6 is 11.6 Å². The minimum absolute atomic E-state index is 0.00619. The molecule has 1 heterocycles. The number of rotatable bonds is 7. The van der Waals surface area contributed by atoms with Gasteiger partial charge < -0.3 is 26.0 Å². The van der Waals surface area contributed by atoms with Crippen molar-refractivity contribution < 1.29 is 23.9 Å². The summed E-state index contributed by atoms with van der Waals surface area (Å²) in [5.41, 5.74) is 2.06. The lowest BCUT2D eigenvalue weighted by atomic mass is 10.0. The maximum absolute atomic E-state index is 13.8. The Hall–Kier alpha value is -3.85. The summed E-state index contributed by atoms with van der Waals surface area (Å²) in [4.78, 5) is 38.8. The van der Waals surface area contributed by atoms with E-state index < -0.39 is 29.8 Å². The fourth-order valence-electron chi connectivity index (χ4n) is 3.04. The summed E-state index contributed by atoms with van der Waals surface area (Å²) in [6.07, 6.45) is 0. The number of halogens is 2. The highest BCUT2D eigenvalue weighted by atomic mass is 35.5. The van der Waals surface area contributed by atoms with Gasteiger partial charge in [0.25, 0.3) is 5.91 Å². The summed E-state index contributed by atoms with van der Waals surface area (Å²) in [6, 6.07) is 12.3. The number of amides is 3. The minimum Gasteiger partial charge on any atom is -0.480 e. The fourth-order valence-corrected chi connectivity index (χ4v) is 3.20. The normalized spacial score (nSPS) is 11.7. The molecule has 0 aliphatic carbocycles. The maximum Gasteiger partial charge on any atom is 0.326 e. The number of carbonyl (C=O) groups is 3. The van der Waals surface area contributed by atoms with Gasteiger partial charge in [-0.25, -0.2) is 14.0 Å². The van der Waals surface area contributed by atoms with E-state index in [0.717, 1.165) is 11.6 Å². The zero-order valence-electron chi connectivity index (χ0n) is 17.8. The van der Waals surface area contributed by atoms with Gasteiger partial charge in [-0.1, -0.05) is 37.6 Å². The van der Waals surface area contributed by atoms with Crippen molar-refractivity contribution in [2.45, 2.75) is 19.9 Å². The molecule has 1 atom stereocenters. The van der Waals surface area contributed by atoms with Gasteiger partial charge in [0.05, 0.1) is 5.69 Å². The summed E-state index contributed by atoms with van der Waals surface area (Å²) in [6.45, 7) is 3.42. The maximum atomic E-state index is 13.8. The SMILES string of the molecule is CC(C)[C@H](NC(=O)c1ccc(-c2ccc(NC(=O)Nc3ccc(Cl)cc3F)cc2)[nH]1)C(=O)O. The number of carboxylic acid groups (broad SMARTS) is 1. The van der Waals surface area contributed by atoms with Crippen molar-refractivity contribution in [2.75, 3.05) is 10.6 Å².